The summed E-state index contributed by atoms with van der Waals surface area (Å²) in [5.74, 6) is 0.685. The van der Waals surface area contributed by atoms with Crippen LogP contribution in [0, 0.1) is 0 Å². The largest absolute Gasteiger partial charge is 0.496 e. The second kappa shape index (κ2) is 7.63. The van der Waals surface area contributed by atoms with E-state index in [0.29, 0.717) is 22.6 Å². The number of aromatic amines is 1. The smallest absolute Gasteiger partial charge is 0.279 e. The highest BCUT2D eigenvalue weighted by Gasteiger charge is 2.28. The van der Waals surface area contributed by atoms with Gasteiger partial charge in [-0.2, -0.15) is 5.21 Å². The van der Waals surface area contributed by atoms with Crippen LogP contribution in [0.1, 0.15) is 24.3 Å². The molecule has 2 aromatic carbocycles. The molecule has 0 bridgehead atoms. The number of nitrogens with one attached hydrogen (secondary N) is 2. The summed E-state index contributed by atoms with van der Waals surface area (Å²) in [5.41, 5.74) is 1.90. The van der Waals surface area contributed by atoms with Gasteiger partial charge < -0.3 is 14.0 Å². The Hall–Kier alpha value is -3.88. The Bertz CT molecular complexity index is 1140. The zero-order valence-corrected chi connectivity index (χ0v) is 16.2. The first kappa shape index (κ1) is 18.5. The predicted octanol–water partition coefficient (Wildman–Crippen LogP) is 3.19. The van der Waals surface area contributed by atoms with E-state index in [0.717, 1.165) is 11.2 Å². The Labute approximate surface area is 166 Å². The van der Waals surface area contributed by atoms with Crippen LogP contribution in [0.15, 0.2) is 48.5 Å². The second-order valence-corrected chi connectivity index (χ2v) is 6.56. The molecule has 0 spiro atoms. The highest BCUT2D eigenvalue weighted by atomic mass is 16.5. The first-order chi connectivity index (χ1) is 14.1. The van der Waals surface area contributed by atoms with Gasteiger partial charge in [-0.05, 0) is 43.3 Å². The van der Waals surface area contributed by atoms with E-state index in [4.69, 9.17) is 9.47 Å². The Balaban J connectivity index is 2.03. The van der Waals surface area contributed by atoms with E-state index in [9.17, 15) is 4.79 Å². The van der Waals surface area contributed by atoms with Crippen LogP contribution in [0.3, 0.4) is 0 Å². The number of fused-ring (bicyclic) bond motifs is 1. The number of H-pyrrole nitrogens is 1. The van der Waals surface area contributed by atoms with Crippen molar-refractivity contribution >= 4 is 22.8 Å². The number of aromatic nitrogens is 5. The van der Waals surface area contributed by atoms with Crippen molar-refractivity contribution in [3.8, 4) is 17.2 Å². The summed E-state index contributed by atoms with van der Waals surface area (Å²) in [7, 11) is 1.59. The third kappa shape index (κ3) is 3.38. The normalized spacial score (nSPS) is 11.0. The fourth-order valence-electron chi connectivity index (χ4n) is 3.22. The zero-order valence-electron chi connectivity index (χ0n) is 16.2. The fraction of sp³-hybridized carbons (Fsp3) is 0.200. The molecule has 0 aliphatic rings. The first-order valence-corrected chi connectivity index (χ1v) is 9.08. The molecule has 9 heteroatoms. The summed E-state index contributed by atoms with van der Waals surface area (Å²) in [5, 5.41) is 16.8. The summed E-state index contributed by atoms with van der Waals surface area (Å²) in [6.45, 7) is 3.81. The van der Waals surface area contributed by atoms with Crippen molar-refractivity contribution in [1.29, 1.82) is 0 Å². The quantitative estimate of drug-likeness (QED) is 0.522. The maximum Gasteiger partial charge on any atom is 0.279 e. The van der Waals surface area contributed by atoms with Gasteiger partial charge in [0, 0.05) is 5.69 Å². The number of carbonyl (C=O) groups is 1. The van der Waals surface area contributed by atoms with E-state index in [2.05, 4.69) is 25.9 Å². The lowest BCUT2D eigenvalue weighted by molar-refractivity contribution is 0.101. The Morgan fingerprint density at radius 3 is 2.59 bits per heavy atom. The van der Waals surface area contributed by atoms with Crippen LogP contribution in [0.25, 0.3) is 16.6 Å². The van der Waals surface area contributed by atoms with Crippen LogP contribution < -0.4 is 14.8 Å². The number of benzene rings is 2. The van der Waals surface area contributed by atoms with Gasteiger partial charge in [-0.3, -0.25) is 10.1 Å². The molecule has 148 valence electrons. The van der Waals surface area contributed by atoms with Crippen LogP contribution in [-0.4, -0.2) is 44.3 Å². The van der Waals surface area contributed by atoms with E-state index in [-0.39, 0.29) is 12.1 Å². The predicted molar refractivity (Wildman–Crippen MR) is 108 cm³/mol. The van der Waals surface area contributed by atoms with Crippen LogP contribution in [0.4, 0.5) is 5.95 Å². The molecule has 2 N–H and O–H groups in total. The topological polar surface area (TPSA) is 107 Å². The number of anilines is 1. The van der Waals surface area contributed by atoms with Crippen LogP contribution in [0.5, 0.6) is 11.5 Å². The fourth-order valence-corrected chi connectivity index (χ4v) is 3.22. The SMILES string of the molecule is COc1cccc2c1c(OC(C)C)c(C(=O)Nc1nn[nH]n1)n2-c1ccccc1. The summed E-state index contributed by atoms with van der Waals surface area (Å²) in [6.07, 6.45) is -0.161. The first-order valence-electron chi connectivity index (χ1n) is 9.08. The molecule has 0 fully saturated rings. The average molecular weight is 392 g/mol. The number of methoxy groups -OCH3 is 1. The monoisotopic (exact) mass is 392 g/mol. The molecule has 4 aromatic rings. The van der Waals surface area contributed by atoms with Crippen molar-refractivity contribution in [3.05, 3.63) is 54.2 Å². The minimum atomic E-state index is -0.427. The molecule has 2 aromatic heterocycles. The Morgan fingerprint density at radius 1 is 1.14 bits per heavy atom. The number of amides is 1. The van der Waals surface area contributed by atoms with Gasteiger partial charge in [0.15, 0.2) is 11.4 Å². The van der Waals surface area contributed by atoms with Gasteiger partial charge in [-0.1, -0.05) is 29.4 Å². The minimum absolute atomic E-state index is 0.0716. The number of para-hydroxylation sites is 1. The molecule has 4 rings (SSSR count). The third-order valence-corrected chi connectivity index (χ3v) is 4.28. The number of hydrogen-bond donors (Lipinski definition) is 2. The van der Waals surface area contributed by atoms with Gasteiger partial charge in [0.2, 0.25) is 0 Å². The van der Waals surface area contributed by atoms with E-state index in [1.165, 1.54) is 0 Å². The van der Waals surface area contributed by atoms with E-state index >= 15 is 0 Å². The summed E-state index contributed by atoms with van der Waals surface area (Å²) in [4.78, 5) is 13.3. The van der Waals surface area contributed by atoms with Crippen molar-refractivity contribution in [2.24, 2.45) is 0 Å². The molecule has 2 heterocycles. The molecule has 29 heavy (non-hydrogen) atoms. The maximum atomic E-state index is 13.3. The molecular weight excluding hydrogens is 372 g/mol. The Morgan fingerprint density at radius 2 is 1.93 bits per heavy atom. The highest BCUT2D eigenvalue weighted by Crippen LogP contribution is 2.41. The van der Waals surface area contributed by atoms with Gasteiger partial charge in [0.1, 0.15) is 5.75 Å². The van der Waals surface area contributed by atoms with Crippen LogP contribution in [0.2, 0.25) is 0 Å². The maximum absolute atomic E-state index is 13.3. The van der Waals surface area contributed by atoms with E-state index < -0.39 is 5.91 Å². The van der Waals surface area contributed by atoms with Crippen LogP contribution >= 0.6 is 0 Å². The van der Waals surface area contributed by atoms with Crippen LogP contribution in [-0.2, 0) is 0 Å². The summed E-state index contributed by atoms with van der Waals surface area (Å²) >= 11 is 0. The average Bonchev–Trinajstić information content (AvgIpc) is 3.34. The van der Waals surface area contributed by atoms with Crippen molar-refractivity contribution in [2.45, 2.75) is 20.0 Å². The lowest BCUT2D eigenvalue weighted by Crippen LogP contribution is -2.19. The molecule has 0 radical (unpaired) electrons. The van der Waals surface area contributed by atoms with Crippen molar-refractivity contribution in [2.75, 3.05) is 12.4 Å². The van der Waals surface area contributed by atoms with Gasteiger partial charge in [0.25, 0.3) is 11.9 Å². The summed E-state index contributed by atoms with van der Waals surface area (Å²) in [6, 6.07) is 15.2. The number of carbonyl (C=O) groups excluding carboxylic acids is 1. The zero-order chi connectivity index (χ0) is 20.4. The number of rotatable bonds is 6. The van der Waals surface area contributed by atoms with Gasteiger partial charge in [-0.25, -0.2) is 0 Å². The van der Waals surface area contributed by atoms with Gasteiger partial charge >= 0.3 is 0 Å². The van der Waals surface area contributed by atoms with Crippen molar-refractivity contribution in [3.63, 3.8) is 0 Å². The molecule has 0 unspecified atom stereocenters. The molecular formula is C20H20N6O3. The molecule has 0 saturated heterocycles. The molecule has 0 atom stereocenters. The standard InChI is InChI=1S/C20H20N6O3/c1-12(2)29-18-16-14(10-7-11-15(16)28-3)26(13-8-5-4-6-9-13)17(18)19(27)21-20-22-24-25-23-20/h4-12H,1-3H3,(H2,21,22,23,24,25,27). The number of ether oxygens (including phenoxy) is 2. The lowest BCUT2D eigenvalue weighted by atomic mass is 10.2. The third-order valence-electron chi connectivity index (χ3n) is 4.28. The molecule has 1 amide bonds. The highest BCUT2D eigenvalue weighted by molar-refractivity contribution is 6.11. The lowest BCUT2D eigenvalue weighted by Gasteiger charge is -2.13. The van der Waals surface area contributed by atoms with Crippen molar-refractivity contribution in [1.82, 2.24) is 25.2 Å². The Kier molecular flexibility index (Phi) is 4.86. The molecule has 9 nitrogen and oxygen atoms in total. The summed E-state index contributed by atoms with van der Waals surface area (Å²) < 4.78 is 13.5. The van der Waals surface area contributed by atoms with E-state index in [1.54, 1.807) is 7.11 Å². The molecule has 0 saturated carbocycles. The van der Waals surface area contributed by atoms with Gasteiger partial charge in [-0.15, -0.1) is 5.10 Å². The number of hydrogen-bond acceptors (Lipinski definition) is 6. The molecule has 0 aliphatic heterocycles. The second-order valence-electron chi connectivity index (χ2n) is 6.56. The number of nitrogens with zero attached hydrogens (tertiary/aromatic N) is 4. The minimum Gasteiger partial charge on any atom is -0.496 e. The number of tetrazole rings is 1. The molecule has 0 aliphatic carbocycles. The van der Waals surface area contributed by atoms with E-state index in [1.807, 2.05) is 66.9 Å². The van der Waals surface area contributed by atoms with Crippen molar-refractivity contribution < 1.29 is 14.3 Å². The van der Waals surface area contributed by atoms with Gasteiger partial charge in [0.05, 0.1) is 24.1 Å².